The fourth-order valence-corrected chi connectivity index (χ4v) is 4.17. The second kappa shape index (κ2) is 7.94. The third-order valence-electron chi connectivity index (χ3n) is 3.67. The molecule has 126 valence electrons. The van der Waals surface area contributed by atoms with Crippen molar-refractivity contribution in [3.63, 3.8) is 0 Å². The van der Waals surface area contributed by atoms with E-state index >= 15 is 0 Å². The van der Waals surface area contributed by atoms with Crippen molar-refractivity contribution in [2.24, 2.45) is 0 Å². The number of nitrogens with one attached hydrogen (secondary N) is 2. The van der Waals surface area contributed by atoms with E-state index in [1.165, 1.54) is 16.2 Å². The summed E-state index contributed by atoms with van der Waals surface area (Å²) in [7, 11) is 0. The standard InChI is InChI=1S/C15H18Cl3N3OS/c1-2-5-12(22)20-14(15(16,17)18)21-13-10(8-19)9-6-3-4-7-11(9)23-13/h14,21H,2-7H2,1H3,(H,20,22). The van der Waals surface area contributed by atoms with Gasteiger partial charge < -0.3 is 10.6 Å². The molecule has 1 heterocycles. The first-order chi connectivity index (χ1) is 10.9. The number of nitriles is 1. The van der Waals surface area contributed by atoms with Crippen molar-refractivity contribution in [3.05, 3.63) is 16.0 Å². The maximum atomic E-state index is 11.9. The van der Waals surface area contributed by atoms with Gasteiger partial charge in [0.25, 0.3) is 0 Å². The maximum Gasteiger partial charge on any atom is 0.228 e. The summed E-state index contributed by atoms with van der Waals surface area (Å²) in [4.78, 5) is 13.1. The van der Waals surface area contributed by atoms with Gasteiger partial charge in [-0.25, -0.2) is 0 Å². The molecule has 0 fully saturated rings. The van der Waals surface area contributed by atoms with Crippen LogP contribution in [0.25, 0.3) is 0 Å². The molecule has 1 amide bonds. The van der Waals surface area contributed by atoms with Crippen LogP contribution in [0.15, 0.2) is 0 Å². The number of hydrogen-bond donors (Lipinski definition) is 2. The van der Waals surface area contributed by atoms with E-state index in [0.29, 0.717) is 23.4 Å². The highest BCUT2D eigenvalue weighted by molar-refractivity contribution is 7.16. The summed E-state index contributed by atoms with van der Waals surface area (Å²) >= 11 is 19.5. The normalized spacial score (nSPS) is 15.4. The second-order valence-corrected chi connectivity index (χ2v) is 8.94. The molecule has 0 saturated heterocycles. The number of fused-ring (bicyclic) bond motifs is 1. The van der Waals surface area contributed by atoms with Crippen LogP contribution in [0, 0.1) is 11.3 Å². The van der Waals surface area contributed by atoms with Crippen LogP contribution in [-0.4, -0.2) is 15.9 Å². The number of halogens is 3. The molecule has 1 aliphatic carbocycles. The highest BCUT2D eigenvalue weighted by atomic mass is 35.6. The molecule has 1 unspecified atom stereocenters. The van der Waals surface area contributed by atoms with Crippen molar-refractivity contribution >= 4 is 57.0 Å². The first-order valence-corrected chi connectivity index (χ1v) is 9.49. The Kier molecular flexibility index (Phi) is 6.44. The van der Waals surface area contributed by atoms with Crippen molar-refractivity contribution in [3.8, 4) is 6.07 Å². The Morgan fingerprint density at radius 2 is 2.09 bits per heavy atom. The maximum absolute atomic E-state index is 11.9. The minimum Gasteiger partial charge on any atom is -0.352 e. The Morgan fingerprint density at radius 1 is 1.39 bits per heavy atom. The van der Waals surface area contributed by atoms with E-state index in [1.54, 1.807) is 0 Å². The van der Waals surface area contributed by atoms with Crippen molar-refractivity contribution in [2.45, 2.75) is 55.4 Å². The molecule has 8 heteroatoms. The van der Waals surface area contributed by atoms with Gasteiger partial charge in [-0.2, -0.15) is 5.26 Å². The summed E-state index contributed by atoms with van der Waals surface area (Å²) in [5.74, 6) is -0.198. The molecule has 0 radical (unpaired) electrons. The van der Waals surface area contributed by atoms with Gasteiger partial charge in [0, 0.05) is 11.3 Å². The van der Waals surface area contributed by atoms with Gasteiger partial charge in [0.2, 0.25) is 9.70 Å². The number of thiophene rings is 1. The van der Waals surface area contributed by atoms with Gasteiger partial charge >= 0.3 is 0 Å². The lowest BCUT2D eigenvalue weighted by molar-refractivity contribution is -0.121. The van der Waals surface area contributed by atoms with E-state index < -0.39 is 9.96 Å². The summed E-state index contributed by atoms with van der Waals surface area (Å²) in [6, 6.07) is 2.24. The average Bonchev–Trinajstić information content (AvgIpc) is 2.83. The predicted octanol–water partition coefficient (Wildman–Crippen LogP) is 4.52. The molecule has 23 heavy (non-hydrogen) atoms. The van der Waals surface area contributed by atoms with E-state index in [2.05, 4.69) is 16.7 Å². The van der Waals surface area contributed by atoms with Crippen LogP contribution >= 0.6 is 46.1 Å². The molecule has 0 saturated carbocycles. The van der Waals surface area contributed by atoms with Gasteiger partial charge in [-0.15, -0.1) is 11.3 Å². The smallest absolute Gasteiger partial charge is 0.228 e. The lowest BCUT2D eigenvalue weighted by Gasteiger charge is -2.27. The fourth-order valence-electron chi connectivity index (χ4n) is 2.58. The second-order valence-electron chi connectivity index (χ2n) is 5.46. The monoisotopic (exact) mass is 393 g/mol. The fraction of sp³-hybridized carbons (Fsp3) is 0.600. The van der Waals surface area contributed by atoms with Crippen LogP contribution in [0.5, 0.6) is 0 Å². The zero-order valence-electron chi connectivity index (χ0n) is 12.7. The molecule has 1 aromatic rings. The lowest BCUT2D eigenvalue weighted by Crippen LogP contribution is -2.49. The molecular formula is C15H18Cl3N3OS. The van der Waals surface area contributed by atoms with Gasteiger partial charge in [-0.3, -0.25) is 4.79 Å². The van der Waals surface area contributed by atoms with Crippen LogP contribution in [0.4, 0.5) is 5.00 Å². The van der Waals surface area contributed by atoms with Crippen LogP contribution in [0.1, 0.15) is 48.6 Å². The highest BCUT2D eigenvalue weighted by Crippen LogP contribution is 2.40. The third-order valence-corrected chi connectivity index (χ3v) is 5.55. The molecule has 1 aromatic heterocycles. The summed E-state index contributed by atoms with van der Waals surface area (Å²) in [5, 5.41) is 15.9. The minimum absolute atomic E-state index is 0.198. The van der Waals surface area contributed by atoms with E-state index in [1.807, 2.05) is 6.92 Å². The molecule has 1 atom stereocenters. The zero-order chi connectivity index (χ0) is 17.0. The summed E-state index contributed by atoms with van der Waals surface area (Å²) in [6.45, 7) is 1.90. The first kappa shape index (κ1) is 18.7. The minimum atomic E-state index is -1.72. The topological polar surface area (TPSA) is 64.9 Å². The van der Waals surface area contributed by atoms with Crippen LogP contribution in [0.3, 0.4) is 0 Å². The molecule has 0 aromatic carbocycles. The van der Waals surface area contributed by atoms with Gasteiger partial charge in [-0.1, -0.05) is 41.7 Å². The van der Waals surface area contributed by atoms with Crippen LogP contribution in [0.2, 0.25) is 0 Å². The molecule has 4 nitrogen and oxygen atoms in total. The number of hydrogen-bond acceptors (Lipinski definition) is 4. The molecule has 0 spiro atoms. The lowest BCUT2D eigenvalue weighted by atomic mass is 9.96. The first-order valence-electron chi connectivity index (χ1n) is 7.54. The number of carbonyl (C=O) groups is 1. The van der Waals surface area contributed by atoms with Gasteiger partial charge in [0.15, 0.2) is 0 Å². The Hall–Kier alpha value is -0.670. The zero-order valence-corrected chi connectivity index (χ0v) is 15.8. The van der Waals surface area contributed by atoms with Crippen molar-refractivity contribution in [1.29, 1.82) is 5.26 Å². The van der Waals surface area contributed by atoms with E-state index in [4.69, 9.17) is 34.8 Å². The molecule has 1 aliphatic rings. The summed E-state index contributed by atoms with van der Waals surface area (Å²) in [5.41, 5.74) is 1.70. The molecule has 2 N–H and O–H groups in total. The van der Waals surface area contributed by atoms with E-state index in [-0.39, 0.29) is 5.91 Å². The Balaban J connectivity index is 2.24. The van der Waals surface area contributed by atoms with Crippen LogP contribution in [-0.2, 0) is 17.6 Å². The van der Waals surface area contributed by atoms with Gasteiger partial charge in [0.05, 0.1) is 5.56 Å². The molecule has 0 aliphatic heterocycles. The average molecular weight is 395 g/mol. The number of nitrogens with zero attached hydrogens (tertiary/aromatic N) is 1. The molecular weight excluding hydrogens is 377 g/mol. The number of alkyl halides is 3. The van der Waals surface area contributed by atoms with E-state index in [9.17, 15) is 10.1 Å². The van der Waals surface area contributed by atoms with Gasteiger partial charge in [0.1, 0.15) is 17.2 Å². The number of rotatable bonds is 5. The van der Waals surface area contributed by atoms with Crippen LogP contribution < -0.4 is 10.6 Å². The number of amides is 1. The number of anilines is 1. The largest absolute Gasteiger partial charge is 0.352 e. The van der Waals surface area contributed by atoms with Crippen molar-refractivity contribution in [2.75, 3.05) is 5.32 Å². The molecule has 2 rings (SSSR count). The number of aryl methyl sites for hydroxylation is 1. The molecule has 0 bridgehead atoms. The summed E-state index contributed by atoms with van der Waals surface area (Å²) in [6.07, 6.45) is 4.24. The van der Waals surface area contributed by atoms with Crippen molar-refractivity contribution in [1.82, 2.24) is 5.32 Å². The summed E-state index contributed by atoms with van der Waals surface area (Å²) < 4.78 is -1.72. The van der Waals surface area contributed by atoms with E-state index in [0.717, 1.165) is 31.2 Å². The Labute approximate surface area is 155 Å². The van der Waals surface area contributed by atoms with Crippen molar-refractivity contribution < 1.29 is 4.79 Å². The highest BCUT2D eigenvalue weighted by Gasteiger charge is 2.35. The third kappa shape index (κ3) is 4.67. The SMILES string of the molecule is CCCC(=O)NC(Nc1sc2c(c1C#N)CCCC2)C(Cl)(Cl)Cl. The Bertz CT molecular complexity index is 619. The number of carbonyl (C=O) groups excluding carboxylic acids is 1. The Morgan fingerprint density at radius 3 is 2.70 bits per heavy atom. The predicted molar refractivity (Wildman–Crippen MR) is 96.4 cm³/mol. The quantitative estimate of drug-likeness (QED) is 0.570. The van der Waals surface area contributed by atoms with Gasteiger partial charge in [-0.05, 0) is 37.7 Å².